The van der Waals surface area contributed by atoms with E-state index in [9.17, 15) is 18.3 Å². The van der Waals surface area contributed by atoms with Crippen LogP contribution in [0.2, 0.25) is 0 Å². The smallest absolute Gasteiger partial charge is 0.379 e. The summed E-state index contributed by atoms with van der Waals surface area (Å²) in [6.45, 7) is 0. The minimum atomic E-state index is -4.66. The van der Waals surface area contributed by atoms with Gasteiger partial charge in [-0.1, -0.05) is 48.2 Å². The van der Waals surface area contributed by atoms with Crippen LogP contribution in [-0.2, 0) is 0 Å². The van der Waals surface area contributed by atoms with Gasteiger partial charge in [0.2, 0.25) is 0 Å². The summed E-state index contributed by atoms with van der Waals surface area (Å²) in [7, 11) is 0. The van der Waals surface area contributed by atoms with Crippen LogP contribution in [0.15, 0.2) is 64.4 Å². The second-order valence-electron chi connectivity index (χ2n) is 3.90. The number of aliphatic hydroxyl groups excluding tert-OH is 1. The highest BCUT2D eigenvalue weighted by molar-refractivity contribution is 7.99. The Morgan fingerprint density at radius 1 is 0.895 bits per heavy atom. The first-order valence-corrected chi connectivity index (χ1v) is 6.37. The molecular formula is C14H11F3OS. The van der Waals surface area contributed by atoms with Gasteiger partial charge in [-0.2, -0.15) is 13.2 Å². The summed E-state index contributed by atoms with van der Waals surface area (Å²) >= 11 is 1.20. The molecule has 100 valence electrons. The maximum absolute atomic E-state index is 12.6. The SMILES string of the molecule is OC(c1ccccc1Sc1ccccc1)C(F)(F)F. The van der Waals surface area contributed by atoms with E-state index >= 15 is 0 Å². The molecule has 0 aliphatic carbocycles. The number of alkyl halides is 3. The van der Waals surface area contributed by atoms with E-state index in [1.807, 2.05) is 18.2 Å². The highest BCUT2D eigenvalue weighted by Crippen LogP contribution is 2.39. The first kappa shape index (κ1) is 14.0. The van der Waals surface area contributed by atoms with E-state index in [-0.39, 0.29) is 5.56 Å². The van der Waals surface area contributed by atoms with Gasteiger partial charge in [0, 0.05) is 15.4 Å². The van der Waals surface area contributed by atoms with E-state index in [4.69, 9.17) is 0 Å². The molecule has 1 unspecified atom stereocenters. The fraction of sp³-hybridized carbons (Fsp3) is 0.143. The monoisotopic (exact) mass is 284 g/mol. The summed E-state index contributed by atoms with van der Waals surface area (Å²) < 4.78 is 37.8. The van der Waals surface area contributed by atoms with Crippen LogP contribution in [0.3, 0.4) is 0 Å². The van der Waals surface area contributed by atoms with E-state index in [2.05, 4.69) is 0 Å². The van der Waals surface area contributed by atoms with Crippen LogP contribution in [0.1, 0.15) is 11.7 Å². The number of halogens is 3. The first-order chi connectivity index (χ1) is 8.98. The van der Waals surface area contributed by atoms with Crippen molar-refractivity contribution in [1.29, 1.82) is 0 Å². The Hall–Kier alpha value is -1.46. The largest absolute Gasteiger partial charge is 0.418 e. The molecule has 0 spiro atoms. The van der Waals surface area contributed by atoms with Crippen LogP contribution in [-0.4, -0.2) is 11.3 Å². The Morgan fingerprint density at radius 3 is 2.11 bits per heavy atom. The van der Waals surface area contributed by atoms with Gasteiger partial charge in [0.15, 0.2) is 6.10 Å². The van der Waals surface area contributed by atoms with Crippen molar-refractivity contribution < 1.29 is 18.3 Å². The van der Waals surface area contributed by atoms with Gasteiger partial charge in [0.05, 0.1) is 0 Å². The Morgan fingerprint density at radius 2 is 1.47 bits per heavy atom. The molecule has 2 aromatic carbocycles. The van der Waals surface area contributed by atoms with Crippen LogP contribution >= 0.6 is 11.8 Å². The van der Waals surface area contributed by atoms with Gasteiger partial charge >= 0.3 is 6.18 Å². The van der Waals surface area contributed by atoms with Gasteiger partial charge in [-0.15, -0.1) is 0 Å². The number of hydrogen-bond donors (Lipinski definition) is 1. The average molecular weight is 284 g/mol. The van der Waals surface area contributed by atoms with E-state index in [0.717, 1.165) is 4.90 Å². The van der Waals surface area contributed by atoms with Crippen LogP contribution in [0.4, 0.5) is 13.2 Å². The number of benzene rings is 2. The van der Waals surface area contributed by atoms with E-state index in [1.165, 1.54) is 23.9 Å². The zero-order chi connectivity index (χ0) is 13.9. The molecule has 19 heavy (non-hydrogen) atoms. The quantitative estimate of drug-likeness (QED) is 0.899. The fourth-order valence-electron chi connectivity index (χ4n) is 1.59. The molecule has 0 aliphatic heterocycles. The molecule has 1 nitrogen and oxygen atoms in total. The lowest BCUT2D eigenvalue weighted by molar-refractivity contribution is -0.207. The van der Waals surface area contributed by atoms with Crippen molar-refractivity contribution >= 4 is 11.8 Å². The molecule has 1 atom stereocenters. The predicted octanol–water partition coefficient (Wildman–Crippen LogP) is 4.43. The molecule has 0 aliphatic rings. The molecule has 1 N–H and O–H groups in total. The van der Waals surface area contributed by atoms with E-state index in [0.29, 0.717) is 4.90 Å². The maximum Gasteiger partial charge on any atom is 0.418 e. The Kier molecular flexibility index (Phi) is 4.17. The molecule has 0 saturated heterocycles. The standard InChI is InChI=1S/C14H11F3OS/c15-14(16,17)13(18)11-8-4-5-9-12(11)19-10-6-2-1-3-7-10/h1-9,13,18H. The summed E-state index contributed by atoms with van der Waals surface area (Å²) in [5.74, 6) is 0. The first-order valence-electron chi connectivity index (χ1n) is 5.55. The zero-order valence-corrected chi connectivity index (χ0v) is 10.6. The zero-order valence-electron chi connectivity index (χ0n) is 9.76. The van der Waals surface area contributed by atoms with Crippen LogP contribution in [0.5, 0.6) is 0 Å². The molecule has 0 heterocycles. The number of hydrogen-bond acceptors (Lipinski definition) is 2. The van der Waals surface area contributed by atoms with Crippen molar-refractivity contribution in [3.63, 3.8) is 0 Å². The second-order valence-corrected chi connectivity index (χ2v) is 5.01. The summed E-state index contributed by atoms with van der Waals surface area (Å²) in [4.78, 5) is 1.22. The average Bonchev–Trinajstić information content (AvgIpc) is 2.39. The number of rotatable bonds is 3. The van der Waals surface area contributed by atoms with Crippen molar-refractivity contribution in [3.05, 3.63) is 60.2 Å². The van der Waals surface area contributed by atoms with Crippen LogP contribution in [0.25, 0.3) is 0 Å². The topological polar surface area (TPSA) is 20.2 Å². The van der Waals surface area contributed by atoms with Crippen molar-refractivity contribution in [2.24, 2.45) is 0 Å². The molecule has 2 rings (SSSR count). The van der Waals surface area contributed by atoms with Crippen LogP contribution < -0.4 is 0 Å². The lowest BCUT2D eigenvalue weighted by Gasteiger charge is -2.17. The second kappa shape index (κ2) is 5.67. The molecule has 2 aromatic rings. The fourth-order valence-corrected chi connectivity index (χ4v) is 2.58. The minimum absolute atomic E-state index is 0.121. The highest BCUT2D eigenvalue weighted by Gasteiger charge is 2.40. The minimum Gasteiger partial charge on any atom is -0.379 e. The van der Waals surface area contributed by atoms with Gasteiger partial charge in [0.25, 0.3) is 0 Å². The highest BCUT2D eigenvalue weighted by atomic mass is 32.2. The van der Waals surface area contributed by atoms with Crippen molar-refractivity contribution in [2.75, 3.05) is 0 Å². The molecule has 0 radical (unpaired) electrons. The Labute approximate surface area is 113 Å². The molecule has 0 saturated carbocycles. The van der Waals surface area contributed by atoms with Crippen molar-refractivity contribution in [1.82, 2.24) is 0 Å². The lowest BCUT2D eigenvalue weighted by atomic mass is 10.1. The van der Waals surface area contributed by atoms with Gasteiger partial charge in [0.1, 0.15) is 0 Å². The van der Waals surface area contributed by atoms with Gasteiger partial charge in [-0.25, -0.2) is 0 Å². The third-order valence-corrected chi connectivity index (χ3v) is 3.59. The van der Waals surface area contributed by atoms with Crippen molar-refractivity contribution in [3.8, 4) is 0 Å². The normalized spacial score (nSPS) is 13.3. The molecule has 0 fully saturated rings. The molecule has 5 heteroatoms. The third-order valence-electron chi connectivity index (χ3n) is 2.49. The van der Waals surface area contributed by atoms with Crippen LogP contribution in [0, 0.1) is 0 Å². The predicted molar refractivity (Wildman–Crippen MR) is 68.0 cm³/mol. The molecule has 0 aromatic heterocycles. The summed E-state index contributed by atoms with van der Waals surface area (Å²) in [5.41, 5.74) is -0.121. The van der Waals surface area contributed by atoms with E-state index < -0.39 is 12.3 Å². The summed E-state index contributed by atoms with van der Waals surface area (Å²) in [6.07, 6.45) is -7.12. The van der Waals surface area contributed by atoms with Crippen molar-refractivity contribution in [2.45, 2.75) is 22.1 Å². The molecule has 0 bridgehead atoms. The van der Waals surface area contributed by atoms with Gasteiger partial charge in [-0.3, -0.25) is 0 Å². The Bertz CT molecular complexity index is 540. The maximum atomic E-state index is 12.6. The summed E-state index contributed by atoms with van der Waals surface area (Å²) in [6, 6.07) is 15.1. The summed E-state index contributed by atoms with van der Waals surface area (Å²) in [5, 5.41) is 9.38. The van der Waals surface area contributed by atoms with Gasteiger partial charge < -0.3 is 5.11 Å². The lowest BCUT2D eigenvalue weighted by Crippen LogP contribution is -2.20. The molecular weight excluding hydrogens is 273 g/mol. The Balaban J connectivity index is 2.32. The number of aliphatic hydroxyl groups is 1. The molecule has 0 amide bonds. The van der Waals surface area contributed by atoms with E-state index in [1.54, 1.807) is 24.3 Å². The van der Waals surface area contributed by atoms with Gasteiger partial charge in [-0.05, 0) is 18.2 Å². The third kappa shape index (κ3) is 3.52.